The highest BCUT2D eigenvalue weighted by molar-refractivity contribution is 6.10. The van der Waals surface area contributed by atoms with Gasteiger partial charge in [-0.15, -0.1) is 0 Å². The molecular formula is C7H17BO3. The second kappa shape index (κ2) is 5.58. The summed E-state index contributed by atoms with van der Waals surface area (Å²) in [5.74, 6) is 0.00222. The van der Waals surface area contributed by atoms with Gasteiger partial charge in [0, 0.05) is 18.5 Å². The molecule has 3 nitrogen and oxygen atoms in total. The van der Waals surface area contributed by atoms with Crippen LogP contribution in [0.3, 0.4) is 0 Å². The second-order valence-corrected chi connectivity index (χ2v) is 3.07. The van der Waals surface area contributed by atoms with Crippen LogP contribution in [0.25, 0.3) is 0 Å². The smallest absolute Gasteiger partial charge is 0.138 e. The molecule has 0 aromatic carbocycles. The van der Waals surface area contributed by atoms with Crippen LogP contribution in [-0.2, 0) is 4.74 Å². The number of aliphatic hydroxyl groups is 2. The molecule has 0 radical (unpaired) electrons. The van der Waals surface area contributed by atoms with E-state index < -0.39 is 0 Å². The quantitative estimate of drug-likeness (QED) is 0.505. The van der Waals surface area contributed by atoms with Crippen molar-refractivity contribution in [2.75, 3.05) is 13.2 Å². The first-order valence-corrected chi connectivity index (χ1v) is 3.99. The molecule has 11 heavy (non-hydrogen) atoms. The minimum absolute atomic E-state index is 0.00222. The van der Waals surface area contributed by atoms with Crippen LogP contribution < -0.4 is 0 Å². The Morgan fingerprint density at radius 2 is 1.82 bits per heavy atom. The second-order valence-electron chi connectivity index (χ2n) is 3.07. The van der Waals surface area contributed by atoms with Gasteiger partial charge in [0.2, 0.25) is 0 Å². The molecule has 4 heteroatoms. The van der Waals surface area contributed by atoms with Crippen LogP contribution in [0, 0.1) is 5.92 Å². The minimum atomic E-state index is -0.236. The monoisotopic (exact) mass is 160 g/mol. The van der Waals surface area contributed by atoms with Crippen molar-refractivity contribution in [2.45, 2.75) is 26.0 Å². The number of ether oxygens (including phenoxy) is 1. The van der Waals surface area contributed by atoms with Crippen molar-refractivity contribution in [3.05, 3.63) is 0 Å². The fourth-order valence-electron chi connectivity index (χ4n) is 0.824. The topological polar surface area (TPSA) is 49.7 Å². The third-order valence-electron chi connectivity index (χ3n) is 1.55. The van der Waals surface area contributed by atoms with Crippen LogP contribution in [-0.4, -0.2) is 43.4 Å². The van der Waals surface area contributed by atoms with E-state index in [1.54, 1.807) is 0 Å². The fraction of sp³-hybridized carbons (Fsp3) is 1.00. The van der Waals surface area contributed by atoms with Crippen molar-refractivity contribution in [3.63, 3.8) is 0 Å². The molecule has 0 aromatic rings. The highest BCUT2D eigenvalue weighted by Gasteiger charge is 2.16. The average Bonchev–Trinajstić information content (AvgIpc) is 1.98. The highest BCUT2D eigenvalue weighted by atomic mass is 16.5. The van der Waals surface area contributed by atoms with Crippen molar-refractivity contribution < 1.29 is 14.9 Å². The normalized spacial score (nSPS) is 19.3. The Morgan fingerprint density at radius 1 is 1.27 bits per heavy atom. The Hall–Kier alpha value is -0.0551. The van der Waals surface area contributed by atoms with E-state index in [0.717, 1.165) is 0 Å². The van der Waals surface area contributed by atoms with E-state index >= 15 is 0 Å². The Kier molecular flexibility index (Phi) is 5.55. The Labute approximate surface area is 68.8 Å². The molecule has 0 aliphatic heterocycles. The summed E-state index contributed by atoms with van der Waals surface area (Å²) in [6.45, 7) is 3.79. The number of hydrogen-bond donors (Lipinski definition) is 2. The van der Waals surface area contributed by atoms with Crippen LogP contribution in [0.5, 0.6) is 0 Å². The summed E-state index contributed by atoms with van der Waals surface area (Å²) in [5, 5.41) is 17.6. The van der Waals surface area contributed by atoms with E-state index in [4.69, 9.17) is 14.9 Å². The molecule has 3 atom stereocenters. The summed E-state index contributed by atoms with van der Waals surface area (Å²) in [6.07, 6.45) is -0.236. The molecule has 0 saturated heterocycles. The van der Waals surface area contributed by atoms with Gasteiger partial charge in [0.25, 0.3) is 0 Å². The van der Waals surface area contributed by atoms with E-state index in [9.17, 15) is 0 Å². The molecular weight excluding hydrogens is 143 g/mol. The Morgan fingerprint density at radius 3 is 2.09 bits per heavy atom. The van der Waals surface area contributed by atoms with Crippen molar-refractivity contribution in [3.8, 4) is 0 Å². The first kappa shape index (κ1) is 10.9. The number of rotatable bonds is 5. The molecule has 0 heterocycles. The molecule has 0 fully saturated rings. The fourth-order valence-corrected chi connectivity index (χ4v) is 0.824. The van der Waals surface area contributed by atoms with Crippen LogP contribution in [0.1, 0.15) is 13.8 Å². The SMILES string of the molecule is BC(C)O[C@H](CO)C(C)CO. The lowest BCUT2D eigenvalue weighted by atomic mass is 10.0. The number of aliphatic hydroxyl groups excluding tert-OH is 2. The third-order valence-corrected chi connectivity index (χ3v) is 1.55. The summed E-state index contributed by atoms with van der Waals surface area (Å²) in [6, 6.07) is 0.0983. The molecule has 0 saturated carbocycles. The minimum Gasteiger partial charge on any atom is -0.396 e. The van der Waals surface area contributed by atoms with Crippen LogP contribution in [0.15, 0.2) is 0 Å². The zero-order valence-corrected chi connectivity index (χ0v) is 7.45. The van der Waals surface area contributed by atoms with Crippen LogP contribution in [0.2, 0.25) is 0 Å². The highest BCUT2D eigenvalue weighted by Crippen LogP contribution is 2.07. The molecule has 2 unspecified atom stereocenters. The first-order chi connectivity index (χ1) is 5.11. The largest absolute Gasteiger partial charge is 0.396 e. The summed E-state index contributed by atoms with van der Waals surface area (Å²) < 4.78 is 5.34. The maximum absolute atomic E-state index is 8.84. The van der Waals surface area contributed by atoms with Gasteiger partial charge in [-0.1, -0.05) is 6.92 Å². The number of hydrogen-bond acceptors (Lipinski definition) is 3. The average molecular weight is 160 g/mol. The zero-order valence-electron chi connectivity index (χ0n) is 7.45. The molecule has 66 valence electrons. The zero-order chi connectivity index (χ0) is 8.85. The Balaban J connectivity index is 3.74. The molecule has 0 amide bonds. The van der Waals surface area contributed by atoms with Crippen molar-refractivity contribution >= 4 is 7.85 Å². The van der Waals surface area contributed by atoms with Gasteiger partial charge < -0.3 is 14.9 Å². The first-order valence-electron chi connectivity index (χ1n) is 3.99. The van der Waals surface area contributed by atoms with E-state index in [1.807, 2.05) is 21.7 Å². The molecule has 0 rings (SSSR count). The summed E-state index contributed by atoms with van der Waals surface area (Å²) in [7, 11) is 1.91. The molecule has 0 spiro atoms. The van der Waals surface area contributed by atoms with Gasteiger partial charge >= 0.3 is 0 Å². The Bertz CT molecular complexity index is 97.7. The molecule has 0 aliphatic rings. The van der Waals surface area contributed by atoms with Crippen LogP contribution in [0.4, 0.5) is 0 Å². The maximum atomic E-state index is 8.84. The van der Waals surface area contributed by atoms with Gasteiger partial charge in [-0.05, 0) is 6.92 Å². The van der Waals surface area contributed by atoms with E-state index in [-0.39, 0.29) is 31.2 Å². The summed E-state index contributed by atoms with van der Waals surface area (Å²) in [4.78, 5) is 0. The molecule has 0 aliphatic carbocycles. The molecule has 0 bridgehead atoms. The van der Waals surface area contributed by atoms with E-state index in [1.165, 1.54) is 0 Å². The predicted molar refractivity (Wildman–Crippen MR) is 46.2 cm³/mol. The van der Waals surface area contributed by atoms with Crippen molar-refractivity contribution in [1.29, 1.82) is 0 Å². The maximum Gasteiger partial charge on any atom is 0.138 e. The van der Waals surface area contributed by atoms with Gasteiger partial charge in [0.15, 0.2) is 0 Å². The van der Waals surface area contributed by atoms with Gasteiger partial charge in [-0.2, -0.15) is 0 Å². The van der Waals surface area contributed by atoms with E-state index in [2.05, 4.69) is 0 Å². The standard InChI is InChI=1S/C7H17BO3/c1-5(3-9)7(4-10)11-6(2)8/h5-7,9-10H,3-4,8H2,1-2H3/t5?,6?,7-/m1/s1. The third kappa shape index (κ3) is 4.40. The van der Waals surface area contributed by atoms with Gasteiger partial charge in [-0.3, -0.25) is 0 Å². The molecule has 2 N–H and O–H groups in total. The summed E-state index contributed by atoms with van der Waals surface area (Å²) >= 11 is 0. The molecule has 0 aromatic heterocycles. The van der Waals surface area contributed by atoms with Gasteiger partial charge in [-0.25, -0.2) is 0 Å². The van der Waals surface area contributed by atoms with Gasteiger partial charge in [0.05, 0.1) is 12.7 Å². The summed E-state index contributed by atoms with van der Waals surface area (Å²) in [5.41, 5.74) is 0. The van der Waals surface area contributed by atoms with Crippen molar-refractivity contribution in [2.24, 2.45) is 5.92 Å². The van der Waals surface area contributed by atoms with Crippen LogP contribution >= 0.6 is 0 Å². The van der Waals surface area contributed by atoms with E-state index in [0.29, 0.717) is 0 Å². The lowest BCUT2D eigenvalue weighted by molar-refractivity contribution is -0.0410. The van der Waals surface area contributed by atoms with Crippen molar-refractivity contribution in [1.82, 2.24) is 0 Å². The predicted octanol–water partition coefficient (Wildman–Crippen LogP) is -1.03. The lowest BCUT2D eigenvalue weighted by Gasteiger charge is -2.22. The lowest BCUT2D eigenvalue weighted by Crippen LogP contribution is -2.31. The van der Waals surface area contributed by atoms with Gasteiger partial charge in [0.1, 0.15) is 7.85 Å².